The predicted octanol–water partition coefficient (Wildman–Crippen LogP) is 2.74. The first kappa shape index (κ1) is 19.4. The molecule has 5 nitrogen and oxygen atoms in total. The monoisotopic (exact) mass is 359 g/mol. The lowest BCUT2D eigenvalue weighted by molar-refractivity contribution is -0.145. The fourth-order valence-electron chi connectivity index (χ4n) is 2.43. The van der Waals surface area contributed by atoms with E-state index in [1.54, 1.807) is 31.2 Å². The molecule has 0 aliphatic carbocycles. The van der Waals surface area contributed by atoms with E-state index in [0.29, 0.717) is 12.2 Å². The van der Waals surface area contributed by atoms with Crippen LogP contribution in [0.15, 0.2) is 54.6 Å². The quantitative estimate of drug-likeness (QED) is 0.736. The molecule has 0 bridgehead atoms. The maximum absolute atomic E-state index is 13.0. The molecule has 1 amide bonds. The number of hydrogen-bond donors (Lipinski definition) is 1. The molecule has 2 aromatic rings. The van der Waals surface area contributed by atoms with Crippen molar-refractivity contribution in [2.24, 2.45) is 5.92 Å². The maximum atomic E-state index is 13.0. The number of methoxy groups -OCH3 is 1. The van der Waals surface area contributed by atoms with Gasteiger partial charge in [-0.2, -0.15) is 0 Å². The summed E-state index contributed by atoms with van der Waals surface area (Å²) in [6, 6.07) is 14.9. The first-order valence-corrected chi connectivity index (χ1v) is 8.31. The average molecular weight is 359 g/mol. The van der Waals surface area contributed by atoms with Gasteiger partial charge in [0.1, 0.15) is 11.6 Å². The van der Waals surface area contributed by atoms with Gasteiger partial charge in [0.25, 0.3) is 5.91 Å². The summed E-state index contributed by atoms with van der Waals surface area (Å²) in [6.45, 7) is 1.74. The molecule has 6 heteroatoms. The van der Waals surface area contributed by atoms with Gasteiger partial charge >= 0.3 is 5.97 Å². The van der Waals surface area contributed by atoms with Crippen LogP contribution in [-0.4, -0.2) is 31.6 Å². The summed E-state index contributed by atoms with van der Waals surface area (Å²) in [4.78, 5) is 24.2. The molecule has 0 radical (unpaired) electrons. The van der Waals surface area contributed by atoms with E-state index in [1.165, 1.54) is 19.2 Å². The summed E-state index contributed by atoms with van der Waals surface area (Å²) in [5, 5.41) is 2.71. The van der Waals surface area contributed by atoms with Gasteiger partial charge in [0.2, 0.25) is 0 Å². The lowest BCUT2D eigenvalue weighted by Gasteiger charge is -2.18. The molecular formula is C20H22FNO4. The number of esters is 1. The summed E-state index contributed by atoms with van der Waals surface area (Å²) in [6.07, 6.45) is -0.372. The highest BCUT2D eigenvalue weighted by Gasteiger charge is 2.22. The van der Waals surface area contributed by atoms with Crippen LogP contribution < -0.4 is 10.1 Å². The Kier molecular flexibility index (Phi) is 7.14. The molecule has 2 atom stereocenters. The predicted molar refractivity (Wildman–Crippen MR) is 95.2 cm³/mol. The van der Waals surface area contributed by atoms with Crippen molar-refractivity contribution in [1.82, 2.24) is 5.32 Å². The highest BCUT2D eigenvalue weighted by atomic mass is 19.1. The van der Waals surface area contributed by atoms with Crippen LogP contribution in [0.25, 0.3) is 0 Å². The molecule has 0 spiro atoms. The van der Waals surface area contributed by atoms with Gasteiger partial charge in [-0.3, -0.25) is 9.59 Å². The third kappa shape index (κ3) is 5.88. The molecule has 2 rings (SSSR count). The van der Waals surface area contributed by atoms with Crippen molar-refractivity contribution < 1.29 is 23.5 Å². The molecule has 26 heavy (non-hydrogen) atoms. The van der Waals surface area contributed by atoms with Crippen LogP contribution >= 0.6 is 0 Å². The van der Waals surface area contributed by atoms with Crippen molar-refractivity contribution in [2.45, 2.75) is 19.4 Å². The van der Waals surface area contributed by atoms with Gasteiger partial charge in [0.15, 0.2) is 6.10 Å². The van der Waals surface area contributed by atoms with Crippen molar-refractivity contribution in [3.05, 3.63) is 66.0 Å². The van der Waals surface area contributed by atoms with Crippen molar-refractivity contribution >= 4 is 11.9 Å². The molecule has 138 valence electrons. The van der Waals surface area contributed by atoms with Gasteiger partial charge in [0, 0.05) is 6.54 Å². The molecule has 0 aliphatic heterocycles. The largest absolute Gasteiger partial charge is 0.481 e. The number of carbonyl (C=O) groups excluding carboxylic acids is 2. The Morgan fingerprint density at radius 3 is 2.35 bits per heavy atom. The Morgan fingerprint density at radius 1 is 1.08 bits per heavy atom. The number of carbonyl (C=O) groups is 2. The van der Waals surface area contributed by atoms with Gasteiger partial charge in [-0.05, 0) is 43.2 Å². The molecular weight excluding hydrogens is 337 g/mol. The second kappa shape index (κ2) is 9.56. The van der Waals surface area contributed by atoms with E-state index in [-0.39, 0.29) is 18.3 Å². The third-order valence-electron chi connectivity index (χ3n) is 3.88. The standard InChI is InChI=1S/C20H22FNO4/c1-14(26-18-6-4-3-5-7-18)19(23)22-13-16(20(24)25-2)12-15-8-10-17(21)11-9-15/h3-11,14,16H,12-13H2,1-2H3,(H,22,23). The second-order valence-electron chi connectivity index (χ2n) is 5.87. The van der Waals surface area contributed by atoms with Crippen LogP contribution in [0.2, 0.25) is 0 Å². The number of ether oxygens (including phenoxy) is 2. The van der Waals surface area contributed by atoms with Crippen molar-refractivity contribution in [2.75, 3.05) is 13.7 Å². The molecule has 0 saturated heterocycles. The fraction of sp³-hybridized carbons (Fsp3) is 0.300. The minimum Gasteiger partial charge on any atom is -0.481 e. The first-order chi connectivity index (χ1) is 12.5. The van der Waals surface area contributed by atoms with Gasteiger partial charge < -0.3 is 14.8 Å². The molecule has 1 N–H and O–H groups in total. The van der Waals surface area contributed by atoms with Crippen molar-refractivity contribution in [1.29, 1.82) is 0 Å². The van der Waals surface area contributed by atoms with Gasteiger partial charge in [0.05, 0.1) is 13.0 Å². The smallest absolute Gasteiger partial charge is 0.310 e. The van der Waals surface area contributed by atoms with Crippen LogP contribution in [0, 0.1) is 11.7 Å². The lowest BCUT2D eigenvalue weighted by Crippen LogP contribution is -2.41. The zero-order chi connectivity index (χ0) is 18.9. The molecule has 0 fully saturated rings. The SMILES string of the molecule is COC(=O)C(CNC(=O)C(C)Oc1ccccc1)Cc1ccc(F)cc1. The zero-order valence-corrected chi connectivity index (χ0v) is 14.8. The molecule has 0 aromatic heterocycles. The maximum Gasteiger partial charge on any atom is 0.310 e. The first-order valence-electron chi connectivity index (χ1n) is 8.31. The summed E-state index contributed by atoms with van der Waals surface area (Å²) in [5.74, 6) is -1.10. The highest BCUT2D eigenvalue weighted by molar-refractivity contribution is 5.81. The molecule has 0 aliphatic rings. The Balaban J connectivity index is 1.92. The summed E-state index contributed by atoms with van der Waals surface area (Å²) in [5.41, 5.74) is 0.782. The Labute approximate surface area is 152 Å². The van der Waals surface area contributed by atoms with E-state index in [1.807, 2.05) is 18.2 Å². The summed E-state index contributed by atoms with van der Waals surface area (Å²) < 4.78 is 23.4. The number of halogens is 1. The van der Waals surface area contributed by atoms with Gasteiger partial charge in [-0.15, -0.1) is 0 Å². The third-order valence-corrected chi connectivity index (χ3v) is 3.88. The number of rotatable bonds is 8. The Morgan fingerprint density at radius 2 is 1.73 bits per heavy atom. The number of amides is 1. The van der Waals surface area contributed by atoms with E-state index in [9.17, 15) is 14.0 Å². The highest BCUT2D eigenvalue weighted by Crippen LogP contribution is 2.13. The average Bonchev–Trinajstić information content (AvgIpc) is 2.66. The molecule has 2 aromatic carbocycles. The molecule has 0 heterocycles. The van der Waals surface area contributed by atoms with Crippen molar-refractivity contribution in [3.63, 3.8) is 0 Å². The van der Waals surface area contributed by atoms with E-state index in [0.717, 1.165) is 5.56 Å². The minimum atomic E-state index is -0.707. The molecule has 2 unspecified atom stereocenters. The number of para-hydroxylation sites is 1. The van der Waals surface area contributed by atoms with Crippen molar-refractivity contribution in [3.8, 4) is 5.75 Å². The molecule has 0 saturated carbocycles. The zero-order valence-electron chi connectivity index (χ0n) is 14.8. The normalized spacial score (nSPS) is 12.7. The van der Waals surface area contributed by atoms with Crippen LogP contribution in [0.5, 0.6) is 5.75 Å². The summed E-state index contributed by atoms with van der Waals surface area (Å²) >= 11 is 0. The topological polar surface area (TPSA) is 64.6 Å². The Bertz CT molecular complexity index is 718. The van der Waals surface area contributed by atoms with E-state index >= 15 is 0 Å². The number of hydrogen-bond acceptors (Lipinski definition) is 4. The van der Waals surface area contributed by atoms with Gasteiger partial charge in [-0.1, -0.05) is 30.3 Å². The minimum absolute atomic E-state index is 0.103. The second-order valence-corrected chi connectivity index (χ2v) is 5.87. The van der Waals surface area contributed by atoms with E-state index in [4.69, 9.17) is 9.47 Å². The van der Waals surface area contributed by atoms with Crippen LogP contribution in [0.3, 0.4) is 0 Å². The fourth-order valence-corrected chi connectivity index (χ4v) is 2.43. The Hall–Kier alpha value is -2.89. The number of benzene rings is 2. The van der Waals surface area contributed by atoms with E-state index < -0.39 is 18.0 Å². The van der Waals surface area contributed by atoms with Crippen LogP contribution in [0.1, 0.15) is 12.5 Å². The van der Waals surface area contributed by atoms with Crippen LogP contribution in [0.4, 0.5) is 4.39 Å². The van der Waals surface area contributed by atoms with Gasteiger partial charge in [-0.25, -0.2) is 4.39 Å². The summed E-state index contributed by atoms with van der Waals surface area (Å²) in [7, 11) is 1.29. The number of nitrogens with one attached hydrogen (secondary N) is 1. The van der Waals surface area contributed by atoms with Crippen LogP contribution in [-0.2, 0) is 20.7 Å². The van der Waals surface area contributed by atoms with E-state index in [2.05, 4.69) is 5.32 Å². The lowest BCUT2D eigenvalue weighted by atomic mass is 9.99.